The fourth-order valence-electron chi connectivity index (χ4n) is 1.53. The van der Waals surface area contributed by atoms with E-state index in [-0.39, 0.29) is 5.78 Å². The summed E-state index contributed by atoms with van der Waals surface area (Å²) in [6.07, 6.45) is 4.76. The van der Waals surface area contributed by atoms with Crippen molar-refractivity contribution >= 4 is 23.2 Å². The molecule has 96 valence electrons. The molecule has 0 spiro atoms. The Morgan fingerprint density at radius 3 is 2.68 bits per heavy atom. The van der Waals surface area contributed by atoms with Crippen LogP contribution in [-0.2, 0) is 0 Å². The summed E-state index contributed by atoms with van der Waals surface area (Å²) in [6, 6.07) is 10.6. The van der Waals surface area contributed by atoms with Gasteiger partial charge in [0, 0.05) is 29.1 Å². The topological polar surface area (TPSA) is 42.0 Å². The van der Waals surface area contributed by atoms with Crippen LogP contribution < -0.4 is 5.32 Å². The molecule has 0 radical (unpaired) electrons. The van der Waals surface area contributed by atoms with Crippen molar-refractivity contribution in [3.8, 4) is 0 Å². The summed E-state index contributed by atoms with van der Waals surface area (Å²) in [7, 11) is 0. The van der Waals surface area contributed by atoms with E-state index < -0.39 is 0 Å². The Morgan fingerprint density at radius 2 is 2.00 bits per heavy atom. The molecule has 0 saturated carbocycles. The number of ketones is 1. The summed E-state index contributed by atoms with van der Waals surface area (Å²) in [6.45, 7) is 1.98. The van der Waals surface area contributed by atoms with E-state index in [1.54, 1.807) is 36.7 Å². The number of allylic oxidation sites excluding steroid dienone is 1. The van der Waals surface area contributed by atoms with Crippen LogP contribution in [0, 0.1) is 6.92 Å². The minimum Gasteiger partial charge on any atom is -0.347 e. The van der Waals surface area contributed by atoms with Crippen LogP contribution in [0.5, 0.6) is 0 Å². The van der Waals surface area contributed by atoms with Gasteiger partial charge in [-0.15, -0.1) is 0 Å². The second-order valence-electron chi connectivity index (χ2n) is 4.07. The Kier molecular flexibility index (Phi) is 4.31. The quantitative estimate of drug-likeness (QED) is 0.679. The van der Waals surface area contributed by atoms with E-state index >= 15 is 0 Å². The molecule has 0 atom stereocenters. The number of anilines is 1. The summed E-state index contributed by atoms with van der Waals surface area (Å²) in [5.74, 6) is 0.622. The summed E-state index contributed by atoms with van der Waals surface area (Å²) in [5, 5.41) is 3.57. The van der Waals surface area contributed by atoms with E-state index in [0.29, 0.717) is 16.4 Å². The number of rotatable bonds is 4. The largest absolute Gasteiger partial charge is 0.347 e. The number of carbonyl (C=O) groups is 1. The van der Waals surface area contributed by atoms with Gasteiger partial charge in [-0.25, -0.2) is 4.98 Å². The van der Waals surface area contributed by atoms with Gasteiger partial charge in [-0.1, -0.05) is 11.6 Å². The number of nitrogens with one attached hydrogen (secondary N) is 1. The lowest BCUT2D eigenvalue weighted by Crippen LogP contribution is -1.97. The van der Waals surface area contributed by atoms with Crippen LogP contribution in [0.4, 0.5) is 5.82 Å². The lowest BCUT2D eigenvalue weighted by molar-refractivity contribution is 0.104. The number of aromatic nitrogens is 1. The van der Waals surface area contributed by atoms with Crippen LogP contribution in [-0.4, -0.2) is 10.8 Å². The number of aryl methyl sites for hydroxylation is 1. The normalized spacial score (nSPS) is 10.6. The summed E-state index contributed by atoms with van der Waals surface area (Å²) < 4.78 is 0. The smallest absolute Gasteiger partial charge is 0.187 e. The summed E-state index contributed by atoms with van der Waals surface area (Å²) in [5.41, 5.74) is 1.70. The van der Waals surface area contributed by atoms with Gasteiger partial charge in [0.1, 0.15) is 5.82 Å². The Morgan fingerprint density at radius 1 is 1.26 bits per heavy atom. The van der Waals surface area contributed by atoms with Crippen molar-refractivity contribution in [1.29, 1.82) is 0 Å². The minimum atomic E-state index is -0.0863. The average molecular weight is 273 g/mol. The third-order valence-electron chi connectivity index (χ3n) is 2.51. The van der Waals surface area contributed by atoms with E-state index in [1.165, 1.54) is 6.08 Å². The van der Waals surface area contributed by atoms with E-state index in [4.69, 9.17) is 11.6 Å². The Bertz CT molecular complexity index is 606. The molecular formula is C15H13ClN2O. The predicted molar refractivity (Wildman–Crippen MR) is 77.5 cm³/mol. The maximum atomic E-state index is 11.8. The first kappa shape index (κ1) is 13.3. The molecule has 0 aliphatic rings. The molecule has 19 heavy (non-hydrogen) atoms. The summed E-state index contributed by atoms with van der Waals surface area (Å²) in [4.78, 5) is 16.0. The van der Waals surface area contributed by atoms with Crippen LogP contribution >= 0.6 is 11.6 Å². The van der Waals surface area contributed by atoms with Crippen molar-refractivity contribution in [3.63, 3.8) is 0 Å². The lowest BCUT2D eigenvalue weighted by atomic mass is 10.1. The number of nitrogens with zero attached hydrogens (tertiary/aromatic N) is 1. The maximum Gasteiger partial charge on any atom is 0.187 e. The van der Waals surface area contributed by atoms with E-state index in [1.807, 2.05) is 19.1 Å². The van der Waals surface area contributed by atoms with Gasteiger partial charge in [-0.2, -0.15) is 0 Å². The first-order chi connectivity index (χ1) is 9.15. The number of benzene rings is 1. The van der Waals surface area contributed by atoms with Gasteiger partial charge in [0.15, 0.2) is 5.78 Å². The van der Waals surface area contributed by atoms with Gasteiger partial charge in [0.05, 0.1) is 0 Å². The number of carbonyl (C=O) groups excluding carboxylic acids is 1. The van der Waals surface area contributed by atoms with E-state index in [2.05, 4.69) is 10.3 Å². The van der Waals surface area contributed by atoms with Gasteiger partial charge in [0.25, 0.3) is 0 Å². The number of pyridine rings is 1. The van der Waals surface area contributed by atoms with Gasteiger partial charge < -0.3 is 5.32 Å². The molecule has 0 bridgehead atoms. The van der Waals surface area contributed by atoms with Crippen molar-refractivity contribution in [1.82, 2.24) is 4.98 Å². The fraction of sp³-hybridized carbons (Fsp3) is 0.0667. The monoisotopic (exact) mass is 272 g/mol. The molecule has 1 aromatic carbocycles. The standard InChI is InChI=1S/C15H13ClN2O/c1-11-6-8-17-15(10-11)18-9-7-14(19)12-2-4-13(16)5-3-12/h2-10H,1H3,(H,17,18). The van der Waals surface area contributed by atoms with Crippen molar-refractivity contribution < 1.29 is 4.79 Å². The molecular weight excluding hydrogens is 260 g/mol. The molecule has 1 heterocycles. The molecule has 0 fully saturated rings. The maximum absolute atomic E-state index is 11.8. The molecule has 0 saturated heterocycles. The average Bonchev–Trinajstić information content (AvgIpc) is 2.39. The third kappa shape index (κ3) is 3.93. The van der Waals surface area contributed by atoms with Gasteiger partial charge in [0.2, 0.25) is 0 Å². The van der Waals surface area contributed by atoms with Crippen molar-refractivity contribution in [2.24, 2.45) is 0 Å². The Hall–Kier alpha value is -2.13. The van der Waals surface area contributed by atoms with Crippen LogP contribution in [0.25, 0.3) is 0 Å². The van der Waals surface area contributed by atoms with Crippen LogP contribution in [0.2, 0.25) is 5.02 Å². The second-order valence-corrected chi connectivity index (χ2v) is 4.50. The zero-order valence-electron chi connectivity index (χ0n) is 10.4. The highest BCUT2D eigenvalue weighted by molar-refractivity contribution is 6.30. The van der Waals surface area contributed by atoms with Crippen molar-refractivity contribution in [2.75, 3.05) is 5.32 Å². The van der Waals surface area contributed by atoms with E-state index in [9.17, 15) is 4.79 Å². The Balaban J connectivity index is 1.99. The molecule has 2 aromatic rings. The molecule has 0 aliphatic heterocycles. The van der Waals surface area contributed by atoms with Crippen molar-refractivity contribution in [2.45, 2.75) is 6.92 Å². The molecule has 2 rings (SSSR count). The van der Waals surface area contributed by atoms with Gasteiger partial charge >= 0.3 is 0 Å². The van der Waals surface area contributed by atoms with Crippen LogP contribution in [0.1, 0.15) is 15.9 Å². The molecule has 0 aliphatic carbocycles. The molecule has 1 N–H and O–H groups in total. The first-order valence-electron chi connectivity index (χ1n) is 5.81. The number of hydrogen-bond acceptors (Lipinski definition) is 3. The lowest BCUT2D eigenvalue weighted by Gasteiger charge is -2.00. The SMILES string of the molecule is Cc1ccnc(NC=CC(=O)c2ccc(Cl)cc2)c1. The molecule has 1 aromatic heterocycles. The molecule has 3 nitrogen and oxygen atoms in total. The predicted octanol–water partition coefficient (Wildman–Crippen LogP) is 3.85. The molecule has 0 unspecified atom stereocenters. The highest BCUT2D eigenvalue weighted by atomic mass is 35.5. The zero-order valence-corrected chi connectivity index (χ0v) is 11.2. The molecule has 4 heteroatoms. The second kappa shape index (κ2) is 6.16. The molecule has 0 amide bonds. The minimum absolute atomic E-state index is 0.0863. The zero-order chi connectivity index (χ0) is 13.7. The van der Waals surface area contributed by atoms with Crippen LogP contribution in [0.3, 0.4) is 0 Å². The van der Waals surface area contributed by atoms with Crippen LogP contribution in [0.15, 0.2) is 54.9 Å². The Labute approximate surface area is 116 Å². The summed E-state index contributed by atoms with van der Waals surface area (Å²) >= 11 is 5.77. The van der Waals surface area contributed by atoms with E-state index in [0.717, 1.165) is 5.56 Å². The van der Waals surface area contributed by atoms with Gasteiger partial charge in [-0.3, -0.25) is 4.79 Å². The fourth-order valence-corrected chi connectivity index (χ4v) is 1.65. The van der Waals surface area contributed by atoms with Gasteiger partial charge in [-0.05, 0) is 48.9 Å². The number of halogens is 1. The number of hydrogen-bond donors (Lipinski definition) is 1. The highest BCUT2D eigenvalue weighted by Crippen LogP contribution is 2.10. The third-order valence-corrected chi connectivity index (χ3v) is 2.76. The van der Waals surface area contributed by atoms with Crippen molar-refractivity contribution in [3.05, 3.63) is 71.0 Å². The first-order valence-corrected chi connectivity index (χ1v) is 6.18. The highest BCUT2D eigenvalue weighted by Gasteiger charge is 2.00.